The molecular formula is C36H37Cl4N3O4. The molecule has 1 aliphatic heterocycles. The molecule has 2 N–H and O–H groups in total. The summed E-state index contributed by atoms with van der Waals surface area (Å²) in [6.45, 7) is 4.10. The van der Waals surface area contributed by atoms with E-state index < -0.39 is 0 Å². The van der Waals surface area contributed by atoms with Crippen molar-refractivity contribution >= 4 is 69.8 Å². The molecule has 1 aliphatic carbocycles. The fourth-order valence-electron chi connectivity index (χ4n) is 6.03. The SMILES string of the molecule is Cc1cc(Cl)c(OCCOc2ccc(C(=O)NC3CCNCC3C(=O)N(Cc3cccc4ccccc34)C3CC3)c(Cl)c2)c(Cl)c1.Cl. The van der Waals surface area contributed by atoms with E-state index >= 15 is 0 Å². The Morgan fingerprint density at radius 3 is 2.36 bits per heavy atom. The summed E-state index contributed by atoms with van der Waals surface area (Å²) in [4.78, 5) is 29.6. The molecular weight excluding hydrogens is 680 g/mol. The first kappa shape index (κ1) is 35.1. The second-order valence-corrected chi connectivity index (χ2v) is 13.1. The molecule has 2 atom stereocenters. The van der Waals surface area contributed by atoms with Gasteiger partial charge in [0.1, 0.15) is 19.0 Å². The highest BCUT2D eigenvalue weighted by atomic mass is 35.5. The topological polar surface area (TPSA) is 79.9 Å². The molecule has 2 amide bonds. The van der Waals surface area contributed by atoms with Crippen LogP contribution in [0, 0.1) is 12.8 Å². The number of aryl methyl sites for hydroxylation is 1. The summed E-state index contributed by atoms with van der Waals surface area (Å²) < 4.78 is 11.5. The first-order chi connectivity index (χ1) is 22.3. The summed E-state index contributed by atoms with van der Waals surface area (Å²) >= 11 is 19.0. The Morgan fingerprint density at radius 1 is 0.894 bits per heavy atom. The van der Waals surface area contributed by atoms with Crippen LogP contribution in [0.4, 0.5) is 0 Å². The Kier molecular flexibility index (Phi) is 11.8. The van der Waals surface area contributed by atoms with Crippen LogP contribution in [0.3, 0.4) is 0 Å². The van der Waals surface area contributed by atoms with Gasteiger partial charge in [-0.1, -0.05) is 77.3 Å². The first-order valence-corrected chi connectivity index (χ1v) is 16.7. The molecule has 0 radical (unpaired) electrons. The smallest absolute Gasteiger partial charge is 0.253 e. The second-order valence-electron chi connectivity index (χ2n) is 11.9. The molecule has 1 heterocycles. The zero-order valence-electron chi connectivity index (χ0n) is 25.9. The second kappa shape index (κ2) is 15.8. The fourth-order valence-corrected chi connectivity index (χ4v) is 7.00. The van der Waals surface area contributed by atoms with Crippen LogP contribution in [0.2, 0.25) is 15.1 Å². The van der Waals surface area contributed by atoms with E-state index in [0.717, 1.165) is 34.7 Å². The average Bonchev–Trinajstić information content (AvgIpc) is 3.88. The Morgan fingerprint density at radius 2 is 1.62 bits per heavy atom. The minimum atomic E-state index is -0.384. The quantitative estimate of drug-likeness (QED) is 0.154. The van der Waals surface area contributed by atoms with Crippen LogP contribution in [0.1, 0.15) is 40.7 Å². The van der Waals surface area contributed by atoms with E-state index in [1.807, 2.05) is 30.0 Å². The van der Waals surface area contributed by atoms with E-state index in [9.17, 15) is 9.59 Å². The standard InChI is InChI=1S/C36H36Cl3N3O4.ClH/c1-22-17-31(38)34(32(39)18-22)46-16-15-45-26-11-12-28(30(37)19-26)35(43)41-33-13-14-40-20-29(33)36(44)42(25-9-10-25)21-24-7-4-6-23-5-2-3-8-27(23)24;/h2-8,11-12,17-19,25,29,33,40H,9-10,13-16,20-21H2,1H3,(H,41,43);1H. The number of carbonyl (C=O) groups excluding carboxylic acids is 2. The highest BCUT2D eigenvalue weighted by Crippen LogP contribution is 2.35. The summed E-state index contributed by atoms with van der Waals surface area (Å²) in [7, 11) is 0. The lowest BCUT2D eigenvalue weighted by molar-refractivity contribution is -0.138. The summed E-state index contributed by atoms with van der Waals surface area (Å²) in [5.74, 6) is 0.268. The van der Waals surface area contributed by atoms with E-state index in [2.05, 4.69) is 34.9 Å². The van der Waals surface area contributed by atoms with Crippen molar-refractivity contribution in [2.75, 3.05) is 26.3 Å². The number of piperidine rings is 1. The number of benzene rings is 4. The third-order valence-electron chi connectivity index (χ3n) is 8.53. The highest BCUT2D eigenvalue weighted by molar-refractivity contribution is 6.37. The first-order valence-electron chi connectivity index (χ1n) is 15.6. The van der Waals surface area contributed by atoms with Crippen molar-refractivity contribution < 1.29 is 19.1 Å². The van der Waals surface area contributed by atoms with E-state index in [0.29, 0.717) is 53.2 Å². The van der Waals surface area contributed by atoms with Crippen molar-refractivity contribution in [2.24, 2.45) is 5.92 Å². The summed E-state index contributed by atoms with van der Waals surface area (Å²) in [5.41, 5.74) is 2.39. The number of nitrogens with zero attached hydrogens (tertiary/aromatic N) is 1. The Hall–Kier alpha value is -3.20. The summed E-state index contributed by atoms with van der Waals surface area (Å²) in [6.07, 6.45) is 2.64. The van der Waals surface area contributed by atoms with Crippen LogP contribution in [-0.2, 0) is 11.3 Å². The zero-order chi connectivity index (χ0) is 32.2. The number of hydrogen-bond acceptors (Lipinski definition) is 5. The van der Waals surface area contributed by atoms with Crippen molar-refractivity contribution in [2.45, 2.75) is 44.8 Å². The van der Waals surface area contributed by atoms with Crippen LogP contribution >= 0.6 is 47.2 Å². The van der Waals surface area contributed by atoms with Gasteiger partial charge in [-0.05, 0) is 85.0 Å². The number of halogens is 4. The molecule has 0 bridgehead atoms. The Labute approximate surface area is 296 Å². The Bertz CT molecular complexity index is 1720. The maximum Gasteiger partial charge on any atom is 0.253 e. The number of fused-ring (bicyclic) bond motifs is 1. The minimum absolute atomic E-state index is 0. The monoisotopic (exact) mass is 715 g/mol. The Balaban J connectivity index is 0.00000433. The van der Waals surface area contributed by atoms with Gasteiger partial charge in [0, 0.05) is 25.2 Å². The van der Waals surface area contributed by atoms with Gasteiger partial charge in [0.25, 0.3) is 5.91 Å². The molecule has 47 heavy (non-hydrogen) atoms. The lowest BCUT2D eigenvalue weighted by atomic mass is 9.91. The van der Waals surface area contributed by atoms with Gasteiger partial charge in [-0.2, -0.15) is 0 Å². The van der Waals surface area contributed by atoms with Gasteiger partial charge >= 0.3 is 0 Å². The third kappa shape index (κ3) is 8.45. The minimum Gasteiger partial charge on any atom is -0.490 e. The van der Waals surface area contributed by atoms with Gasteiger partial charge in [0.15, 0.2) is 5.75 Å². The molecule has 2 fully saturated rings. The highest BCUT2D eigenvalue weighted by Gasteiger charge is 2.40. The summed E-state index contributed by atoms with van der Waals surface area (Å²) in [5, 5.41) is 9.93. The average molecular weight is 718 g/mol. The molecule has 2 aliphatic rings. The van der Waals surface area contributed by atoms with Crippen LogP contribution in [0.5, 0.6) is 11.5 Å². The normalized spacial score (nSPS) is 17.4. The molecule has 6 rings (SSSR count). The number of carbonyl (C=O) groups is 2. The van der Waals surface area contributed by atoms with Crippen LogP contribution in [0.15, 0.2) is 72.8 Å². The van der Waals surface area contributed by atoms with Gasteiger partial charge in [0.05, 0.1) is 26.5 Å². The van der Waals surface area contributed by atoms with E-state index in [1.165, 1.54) is 0 Å². The van der Waals surface area contributed by atoms with Crippen LogP contribution in [0.25, 0.3) is 10.8 Å². The molecule has 248 valence electrons. The lowest BCUT2D eigenvalue weighted by Crippen LogP contribution is -2.55. The third-order valence-corrected chi connectivity index (χ3v) is 9.41. The van der Waals surface area contributed by atoms with Crippen LogP contribution < -0.4 is 20.1 Å². The maximum atomic E-state index is 14.1. The summed E-state index contributed by atoms with van der Waals surface area (Å²) in [6, 6.07) is 22.9. The van der Waals surface area contributed by atoms with Crippen molar-refractivity contribution in [1.29, 1.82) is 0 Å². The van der Waals surface area contributed by atoms with Crippen molar-refractivity contribution in [1.82, 2.24) is 15.5 Å². The molecule has 7 nitrogen and oxygen atoms in total. The van der Waals surface area contributed by atoms with Gasteiger partial charge in [-0.25, -0.2) is 0 Å². The van der Waals surface area contributed by atoms with E-state index in [-0.39, 0.29) is 60.5 Å². The van der Waals surface area contributed by atoms with Crippen molar-refractivity contribution in [3.63, 3.8) is 0 Å². The number of ether oxygens (including phenoxy) is 2. The van der Waals surface area contributed by atoms with Gasteiger partial charge in [-0.15, -0.1) is 12.4 Å². The number of hydrogen-bond donors (Lipinski definition) is 2. The van der Waals surface area contributed by atoms with Crippen molar-refractivity contribution in [3.05, 3.63) is 105 Å². The molecule has 0 aromatic heterocycles. The van der Waals surface area contributed by atoms with Gasteiger partial charge in [-0.3, -0.25) is 9.59 Å². The zero-order valence-corrected chi connectivity index (χ0v) is 29.0. The molecule has 4 aromatic rings. The van der Waals surface area contributed by atoms with Gasteiger partial charge in [0.2, 0.25) is 5.91 Å². The predicted octanol–water partition coefficient (Wildman–Crippen LogP) is 7.89. The van der Waals surface area contributed by atoms with Crippen LogP contribution in [-0.4, -0.2) is 55.1 Å². The molecule has 4 aromatic carbocycles. The van der Waals surface area contributed by atoms with E-state index in [4.69, 9.17) is 44.3 Å². The number of amides is 2. The molecule has 0 spiro atoms. The molecule has 2 unspecified atom stereocenters. The van der Waals surface area contributed by atoms with Gasteiger partial charge < -0.3 is 25.0 Å². The number of nitrogens with one attached hydrogen (secondary N) is 2. The molecule has 1 saturated heterocycles. The molecule has 11 heteroatoms. The largest absolute Gasteiger partial charge is 0.490 e. The fraction of sp³-hybridized carbons (Fsp3) is 0.333. The molecule has 1 saturated carbocycles. The maximum absolute atomic E-state index is 14.1. The van der Waals surface area contributed by atoms with Crippen molar-refractivity contribution in [3.8, 4) is 11.5 Å². The lowest BCUT2D eigenvalue weighted by Gasteiger charge is -2.36. The van der Waals surface area contributed by atoms with E-state index in [1.54, 1.807) is 30.3 Å². The predicted molar refractivity (Wildman–Crippen MR) is 191 cm³/mol. The number of rotatable bonds is 11.